The molecule has 0 bridgehead atoms. The first kappa shape index (κ1) is 12.4. The lowest BCUT2D eigenvalue weighted by Crippen LogP contribution is -2.07. The third-order valence-corrected chi connectivity index (χ3v) is 3.44. The number of nitrogens with two attached hydrogens (primary N) is 1. The van der Waals surface area contributed by atoms with Crippen molar-refractivity contribution in [2.45, 2.75) is 33.1 Å². The van der Waals surface area contributed by atoms with Crippen LogP contribution in [0.25, 0.3) is 0 Å². The van der Waals surface area contributed by atoms with E-state index in [2.05, 4.69) is 6.92 Å². The monoisotopic (exact) mass is 225 g/mol. The van der Waals surface area contributed by atoms with Crippen LogP contribution in [0, 0.1) is 12.8 Å². The molecule has 2 nitrogen and oxygen atoms in total. The van der Waals surface area contributed by atoms with E-state index in [0.29, 0.717) is 18.9 Å². The van der Waals surface area contributed by atoms with Gasteiger partial charge >= 0.3 is 0 Å². The van der Waals surface area contributed by atoms with Gasteiger partial charge in [-0.15, -0.1) is 11.3 Å². The highest BCUT2D eigenvalue weighted by molar-refractivity contribution is 7.10. The van der Waals surface area contributed by atoms with Crippen molar-refractivity contribution in [3.63, 3.8) is 0 Å². The molecule has 0 fully saturated rings. The van der Waals surface area contributed by atoms with Gasteiger partial charge in [-0.1, -0.05) is 6.92 Å². The van der Waals surface area contributed by atoms with Gasteiger partial charge in [-0.3, -0.25) is 4.79 Å². The van der Waals surface area contributed by atoms with E-state index in [-0.39, 0.29) is 5.78 Å². The molecule has 1 heterocycles. The minimum Gasteiger partial charge on any atom is -0.330 e. The maximum Gasteiger partial charge on any atom is 0.163 e. The largest absolute Gasteiger partial charge is 0.330 e. The van der Waals surface area contributed by atoms with Crippen LogP contribution in [-0.2, 0) is 0 Å². The Balaban J connectivity index is 2.36. The summed E-state index contributed by atoms with van der Waals surface area (Å²) in [6.07, 6.45) is 2.61. The smallest absolute Gasteiger partial charge is 0.163 e. The van der Waals surface area contributed by atoms with Crippen LogP contribution in [-0.4, -0.2) is 12.3 Å². The minimum atomic E-state index is 0.267. The van der Waals surface area contributed by atoms with Crippen LogP contribution in [0.1, 0.15) is 41.4 Å². The SMILES string of the molecule is Cc1cc(C(=O)CCC(C)CCN)cs1. The quantitative estimate of drug-likeness (QED) is 0.756. The first-order valence-electron chi connectivity index (χ1n) is 5.42. The molecule has 15 heavy (non-hydrogen) atoms. The van der Waals surface area contributed by atoms with E-state index in [1.807, 2.05) is 18.4 Å². The van der Waals surface area contributed by atoms with E-state index in [0.717, 1.165) is 18.4 Å². The van der Waals surface area contributed by atoms with Gasteiger partial charge < -0.3 is 5.73 Å². The third-order valence-electron chi connectivity index (χ3n) is 2.58. The molecule has 84 valence electrons. The molecule has 0 saturated heterocycles. The van der Waals surface area contributed by atoms with Crippen LogP contribution in [0.15, 0.2) is 11.4 Å². The van der Waals surface area contributed by atoms with Crippen molar-refractivity contribution >= 4 is 17.1 Å². The number of carbonyl (C=O) groups excluding carboxylic acids is 1. The average molecular weight is 225 g/mol. The molecule has 0 spiro atoms. The Morgan fingerprint density at radius 1 is 1.53 bits per heavy atom. The number of ketones is 1. The van der Waals surface area contributed by atoms with Crippen molar-refractivity contribution in [1.29, 1.82) is 0 Å². The normalized spacial score (nSPS) is 12.7. The molecule has 1 unspecified atom stereocenters. The van der Waals surface area contributed by atoms with Crippen LogP contribution in [0.5, 0.6) is 0 Å². The van der Waals surface area contributed by atoms with Gasteiger partial charge in [0.15, 0.2) is 5.78 Å². The zero-order valence-electron chi connectivity index (χ0n) is 9.45. The highest BCUT2D eigenvalue weighted by atomic mass is 32.1. The number of carbonyl (C=O) groups is 1. The molecule has 0 radical (unpaired) electrons. The highest BCUT2D eigenvalue weighted by Gasteiger charge is 2.09. The molecule has 0 amide bonds. The summed E-state index contributed by atoms with van der Waals surface area (Å²) < 4.78 is 0. The van der Waals surface area contributed by atoms with E-state index in [1.54, 1.807) is 11.3 Å². The van der Waals surface area contributed by atoms with Crippen molar-refractivity contribution in [3.05, 3.63) is 21.9 Å². The van der Waals surface area contributed by atoms with Gasteiger partial charge in [0.1, 0.15) is 0 Å². The first-order valence-corrected chi connectivity index (χ1v) is 6.30. The van der Waals surface area contributed by atoms with Gasteiger partial charge in [-0.05, 0) is 38.3 Å². The van der Waals surface area contributed by atoms with Crippen molar-refractivity contribution in [3.8, 4) is 0 Å². The van der Waals surface area contributed by atoms with Crippen LogP contribution in [0.2, 0.25) is 0 Å². The average Bonchev–Trinajstić information content (AvgIpc) is 2.62. The van der Waals surface area contributed by atoms with E-state index in [9.17, 15) is 4.79 Å². The second-order valence-electron chi connectivity index (χ2n) is 4.09. The Kier molecular flexibility index (Phi) is 4.99. The summed E-state index contributed by atoms with van der Waals surface area (Å²) in [6, 6.07) is 1.97. The van der Waals surface area contributed by atoms with Crippen LogP contribution < -0.4 is 5.73 Å². The highest BCUT2D eigenvalue weighted by Crippen LogP contribution is 2.17. The van der Waals surface area contributed by atoms with E-state index in [1.165, 1.54) is 4.88 Å². The number of aryl methyl sites for hydroxylation is 1. The first-order chi connectivity index (χ1) is 7.13. The lowest BCUT2D eigenvalue weighted by molar-refractivity contribution is 0.0974. The van der Waals surface area contributed by atoms with Crippen LogP contribution in [0.3, 0.4) is 0 Å². The fraction of sp³-hybridized carbons (Fsp3) is 0.583. The molecule has 0 aromatic carbocycles. The van der Waals surface area contributed by atoms with Gasteiger partial charge in [0.2, 0.25) is 0 Å². The molecule has 2 N–H and O–H groups in total. The summed E-state index contributed by atoms with van der Waals surface area (Å²) in [6.45, 7) is 4.89. The maximum atomic E-state index is 11.7. The topological polar surface area (TPSA) is 43.1 Å². The molecule has 1 atom stereocenters. The Morgan fingerprint density at radius 3 is 2.80 bits per heavy atom. The lowest BCUT2D eigenvalue weighted by Gasteiger charge is -2.07. The van der Waals surface area contributed by atoms with E-state index >= 15 is 0 Å². The Hall–Kier alpha value is -0.670. The van der Waals surface area contributed by atoms with Gasteiger partial charge in [0, 0.05) is 22.2 Å². The number of hydrogen-bond donors (Lipinski definition) is 1. The Bertz CT molecular complexity index is 319. The maximum absolute atomic E-state index is 11.7. The van der Waals surface area contributed by atoms with Crippen molar-refractivity contribution < 1.29 is 4.79 Å². The molecule has 1 aromatic rings. The number of thiophene rings is 1. The van der Waals surface area contributed by atoms with Crippen molar-refractivity contribution in [2.75, 3.05) is 6.54 Å². The Morgan fingerprint density at radius 2 is 2.27 bits per heavy atom. The standard InChI is InChI=1S/C12H19NOS/c1-9(5-6-13)3-4-12(14)11-7-10(2)15-8-11/h7-9H,3-6,13H2,1-2H3. The number of Topliss-reactive ketones (excluding diaryl/α,β-unsaturated/α-hetero) is 1. The molecule has 0 aliphatic carbocycles. The predicted octanol–water partition coefficient (Wildman–Crippen LogP) is 3.00. The van der Waals surface area contributed by atoms with E-state index < -0.39 is 0 Å². The molecule has 1 rings (SSSR count). The Labute approximate surface area is 95.5 Å². The predicted molar refractivity (Wildman–Crippen MR) is 65.5 cm³/mol. The summed E-state index contributed by atoms with van der Waals surface area (Å²) in [7, 11) is 0. The number of rotatable bonds is 6. The summed E-state index contributed by atoms with van der Waals surface area (Å²) in [5, 5.41) is 1.95. The molecule has 0 aliphatic heterocycles. The van der Waals surface area contributed by atoms with Crippen LogP contribution in [0.4, 0.5) is 0 Å². The molecule has 1 aromatic heterocycles. The van der Waals surface area contributed by atoms with Gasteiger partial charge in [-0.25, -0.2) is 0 Å². The summed E-state index contributed by atoms with van der Waals surface area (Å²) in [5.41, 5.74) is 6.34. The molecule has 0 saturated carbocycles. The minimum absolute atomic E-state index is 0.267. The van der Waals surface area contributed by atoms with Gasteiger partial charge in [-0.2, -0.15) is 0 Å². The fourth-order valence-corrected chi connectivity index (χ4v) is 2.25. The summed E-state index contributed by atoms with van der Waals surface area (Å²) >= 11 is 1.64. The molecular weight excluding hydrogens is 206 g/mol. The zero-order valence-corrected chi connectivity index (χ0v) is 10.3. The zero-order chi connectivity index (χ0) is 11.3. The second-order valence-corrected chi connectivity index (χ2v) is 5.21. The lowest BCUT2D eigenvalue weighted by atomic mass is 9.98. The van der Waals surface area contributed by atoms with Crippen molar-refractivity contribution in [1.82, 2.24) is 0 Å². The molecular formula is C12H19NOS. The fourth-order valence-electron chi connectivity index (χ4n) is 1.54. The summed E-state index contributed by atoms with van der Waals surface area (Å²) in [4.78, 5) is 12.9. The van der Waals surface area contributed by atoms with Gasteiger partial charge in [0.25, 0.3) is 0 Å². The van der Waals surface area contributed by atoms with Gasteiger partial charge in [0.05, 0.1) is 0 Å². The second kappa shape index (κ2) is 6.03. The van der Waals surface area contributed by atoms with Crippen LogP contribution >= 0.6 is 11.3 Å². The molecule has 3 heteroatoms. The third kappa shape index (κ3) is 4.14. The molecule has 0 aliphatic rings. The summed E-state index contributed by atoms with van der Waals surface area (Å²) in [5.74, 6) is 0.821. The van der Waals surface area contributed by atoms with E-state index in [4.69, 9.17) is 5.73 Å². The number of hydrogen-bond acceptors (Lipinski definition) is 3. The van der Waals surface area contributed by atoms with Crippen molar-refractivity contribution in [2.24, 2.45) is 11.7 Å².